The third-order valence-electron chi connectivity index (χ3n) is 2.98. The Morgan fingerprint density at radius 2 is 1.95 bits per heavy atom. The average Bonchev–Trinajstić information content (AvgIpc) is 2.33. The van der Waals surface area contributed by atoms with Gasteiger partial charge in [0.2, 0.25) is 0 Å². The van der Waals surface area contributed by atoms with Crippen molar-refractivity contribution >= 4 is 6.09 Å². The fraction of sp³-hybridized carbons (Fsp3) is 0.929. The number of carbonyl (C=O) groups is 1. The van der Waals surface area contributed by atoms with Crippen LogP contribution >= 0.6 is 0 Å². The summed E-state index contributed by atoms with van der Waals surface area (Å²) >= 11 is 0. The molecule has 0 aromatic carbocycles. The number of piperidine rings is 1. The van der Waals surface area contributed by atoms with Crippen LogP contribution in [0.25, 0.3) is 0 Å². The van der Waals surface area contributed by atoms with Crippen molar-refractivity contribution in [3.8, 4) is 0 Å². The second kappa shape index (κ2) is 7.70. The Hall–Kier alpha value is -0.810. The minimum Gasteiger partial charge on any atom is -0.444 e. The van der Waals surface area contributed by atoms with Crippen LogP contribution in [0.5, 0.6) is 0 Å². The van der Waals surface area contributed by atoms with Crippen LogP contribution in [0.1, 0.15) is 40.5 Å². The highest BCUT2D eigenvalue weighted by atomic mass is 16.6. The summed E-state index contributed by atoms with van der Waals surface area (Å²) in [4.78, 5) is 13.6. The molecule has 1 rings (SSSR count). The smallest absolute Gasteiger partial charge is 0.410 e. The maximum Gasteiger partial charge on any atom is 0.410 e. The maximum absolute atomic E-state index is 11.9. The molecule has 0 aromatic heterocycles. The van der Waals surface area contributed by atoms with Gasteiger partial charge in [-0.15, -0.1) is 0 Å². The van der Waals surface area contributed by atoms with Gasteiger partial charge in [0.15, 0.2) is 0 Å². The fourth-order valence-electron chi connectivity index (χ4n) is 2.01. The predicted octanol–water partition coefficient (Wildman–Crippen LogP) is 2.01. The van der Waals surface area contributed by atoms with Gasteiger partial charge in [0.1, 0.15) is 5.60 Å². The van der Waals surface area contributed by atoms with E-state index >= 15 is 0 Å². The molecule has 0 atom stereocenters. The first-order valence-corrected chi connectivity index (χ1v) is 7.22. The number of rotatable bonds is 5. The average molecular weight is 272 g/mol. The first-order chi connectivity index (χ1) is 8.92. The van der Waals surface area contributed by atoms with Crippen molar-refractivity contribution in [2.45, 2.75) is 52.2 Å². The largest absolute Gasteiger partial charge is 0.444 e. The van der Waals surface area contributed by atoms with Crippen molar-refractivity contribution in [3.63, 3.8) is 0 Å². The molecule has 5 heteroatoms. The van der Waals surface area contributed by atoms with E-state index in [1.54, 1.807) is 4.90 Å². The summed E-state index contributed by atoms with van der Waals surface area (Å²) in [6.07, 6.45) is 1.85. The number of hydrogen-bond donors (Lipinski definition) is 1. The second-order valence-corrected chi connectivity index (χ2v) is 5.89. The van der Waals surface area contributed by atoms with Crippen LogP contribution < -0.4 is 5.32 Å². The molecule has 0 aliphatic carbocycles. The number of ether oxygens (including phenoxy) is 2. The zero-order chi connectivity index (χ0) is 14.3. The highest BCUT2D eigenvalue weighted by molar-refractivity contribution is 5.68. The molecule has 0 saturated carbocycles. The van der Waals surface area contributed by atoms with Crippen molar-refractivity contribution < 1.29 is 14.3 Å². The van der Waals surface area contributed by atoms with E-state index in [-0.39, 0.29) is 12.2 Å². The van der Waals surface area contributed by atoms with Gasteiger partial charge in [0, 0.05) is 19.6 Å². The number of nitrogens with one attached hydrogen (secondary N) is 1. The SMILES string of the molecule is CCNCCOC1CCN(C(=O)OC(C)(C)C)CC1. The quantitative estimate of drug-likeness (QED) is 0.778. The third-order valence-corrected chi connectivity index (χ3v) is 2.98. The fourth-order valence-corrected chi connectivity index (χ4v) is 2.01. The molecule has 0 spiro atoms. The number of hydrogen-bond acceptors (Lipinski definition) is 4. The Morgan fingerprint density at radius 1 is 1.32 bits per heavy atom. The minimum atomic E-state index is -0.420. The molecule has 1 amide bonds. The zero-order valence-electron chi connectivity index (χ0n) is 12.7. The molecule has 1 N–H and O–H groups in total. The molecule has 112 valence electrons. The summed E-state index contributed by atoms with van der Waals surface area (Å²) in [6.45, 7) is 11.8. The van der Waals surface area contributed by atoms with Gasteiger partial charge in [-0.3, -0.25) is 0 Å². The highest BCUT2D eigenvalue weighted by Gasteiger charge is 2.26. The summed E-state index contributed by atoms with van der Waals surface area (Å²) in [7, 11) is 0. The van der Waals surface area contributed by atoms with Gasteiger partial charge in [0.05, 0.1) is 12.7 Å². The van der Waals surface area contributed by atoms with Gasteiger partial charge in [-0.1, -0.05) is 6.92 Å². The van der Waals surface area contributed by atoms with Crippen LogP contribution in [0.15, 0.2) is 0 Å². The molecular formula is C14H28N2O3. The number of likely N-dealkylation sites (tertiary alicyclic amines) is 1. The monoisotopic (exact) mass is 272 g/mol. The lowest BCUT2D eigenvalue weighted by Gasteiger charge is -2.33. The molecule has 1 aliphatic rings. The Bertz CT molecular complexity index is 268. The van der Waals surface area contributed by atoms with E-state index in [0.29, 0.717) is 0 Å². The molecule has 0 aromatic rings. The van der Waals surface area contributed by atoms with Crippen LogP contribution in [0.4, 0.5) is 4.79 Å². The van der Waals surface area contributed by atoms with Gasteiger partial charge < -0.3 is 19.7 Å². The third kappa shape index (κ3) is 6.78. The van der Waals surface area contributed by atoms with Crippen molar-refractivity contribution in [2.75, 3.05) is 32.8 Å². The summed E-state index contributed by atoms with van der Waals surface area (Å²) in [5.74, 6) is 0. The minimum absolute atomic E-state index is 0.210. The lowest BCUT2D eigenvalue weighted by Crippen LogP contribution is -2.43. The predicted molar refractivity (Wildman–Crippen MR) is 75.3 cm³/mol. The molecule has 0 radical (unpaired) electrons. The van der Waals surface area contributed by atoms with Crippen LogP contribution in [0.2, 0.25) is 0 Å². The topological polar surface area (TPSA) is 50.8 Å². The molecule has 1 aliphatic heterocycles. The summed E-state index contributed by atoms with van der Waals surface area (Å²) in [6, 6.07) is 0. The Balaban J connectivity index is 2.19. The first kappa shape index (κ1) is 16.2. The van der Waals surface area contributed by atoms with Crippen molar-refractivity contribution in [3.05, 3.63) is 0 Å². The maximum atomic E-state index is 11.9. The number of amides is 1. The van der Waals surface area contributed by atoms with Gasteiger partial charge in [-0.25, -0.2) is 4.79 Å². The molecular weight excluding hydrogens is 244 g/mol. The lowest BCUT2D eigenvalue weighted by molar-refractivity contribution is -0.0103. The van der Waals surface area contributed by atoms with Gasteiger partial charge in [-0.2, -0.15) is 0 Å². The number of nitrogens with zero attached hydrogens (tertiary/aromatic N) is 1. The molecule has 1 heterocycles. The lowest BCUT2D eigenvalue weighted by atomic mass is 10.1. The molecule has 19 heavy (non-hydrogen) atoms. The first-order valence-electron chi connectivity index (χ1n) is 7.22. The number of likely N-dealkylation sites (N-methyl/N-ethyl adjacent to an activating group) is 1. The summed E-state index contributed by atoms with van der Waals surface area (Å²) < 4.78 is 11.1. The normalized spacial score (nSPS) is 17.6. The Labute approximate surface area is 116 Å². The van der Waals surface area contributed by atoms with Crippen molar-refractivity contribution in [1.82, 2.24) is 10.2 Å². The van der Waals surface area contributed by atoms with Crippen LogP contribution in [0.3, 0.4) is 0 Å². The molecule has 0 bridgehead atoms. The molecule has 5 nitrogen and oxygen atoms in total. The van der Waals surface area contributed by atoms with Crippen molar-refractivity contribution in [1.29, 1.82) is 0 Å². The summed E-state index contributed by atoms with van der Waals surface area (Å²) in [5, 5.41) is 3.23. The van der Waals surface area contributed by atoms with Crippen LogP contribution in [0, 0.1) is 0 Å². The van der Waals surface area contributed by atoms with Crippen LogP contribution in [-0.2, 0) is 9.47 Å². The standard InChI is InChI=1S/C14H28N2O3/c1-5-15-8-11-18-12-6-9-16(10-7-12)13(17)19-14(2,3)4/h12,15H,5-11H2,1-4H3. The van der Waals surface area contributed by atoms with E-state index in [2.05, 4.69) is 12.2 Å². The van der Waals surface area contributed by atoms with E-state index in [0.717, 1.165) is 45.6 Å². The Morgan fingerprint density at radius 3 is 2.47 bits per heavy atom. The Kier molecular flexibility index (Phi) is 6.58. The highest BCUT2D eigenvalue weighted by Crippen LogP contribution is 2.17. The van der Waals surface area contributed by atoms with Gasteiger partial charge in [0.25, 0.3) is 0 Å². The summed E-state index contributed by atoms with van der Waals surface area (Å²) in [5.41, 5.74) is -0.420. The second-order valence-electron chi connectivity index (χ2n) is 5.89. The number of carbonyl (C=O) groups excluding carboxylic acids is 1. The van der Waals surface area contributed by atoms with E-state index in [9.17, 15) is 4.79 Å². The van der Waals surface area contributed by atoms with E-state index in [4.69, 9.17) is 9.47 Å². The van der Waals surface area contributed by atoms with Crippen LogP contribution in [-0.4, -0.2) is 55.5 Å². The van der Waals surface area contributed by atoms with Crippen molar-refractivity contribution in [2.24, 2.45) is 0 Å². The zero-order valence-corrected chi connectivity index (χ0v) is 12.7. The van der Waals surface area contributed by atoms with E-state index < -0.39 is 5.60 Å². The van der Waals surface area contributed by atoms with E-state index in [1.165, 1.54) is 0 Å². The van der Waals surface area contributed by atoms with E-state index in [1.807, 2.05) is 20.8 Å². The molecule has 0 unspecified atom stereocenters. The van der Waals surface area contributed by atoms with Gasteiger partial charge >= 0.3 is 6.09 Å². The van der Waals surface area contributed by atoms with Gasteiger partial charge in [-0.05, 0) is 40.2 Å². The molecule has 1 fully saturated rings. The molecule has 1 saturated heterocycles.